The fraction of sp³-hybridized carbons (Fsp3) is 0.350. The Hall–Kier alpha value is -2.73. The van der Waals surface area contributed by atoms with Gasteiger partial charge in [-0.25, -0.2) is 0 Å². The Labute approximate surface area is 152 Å². The molecule has 0 radical (unpaired) electrons. The number of benzene rings is 2. The van der Waals surface area contributed by atoms with Crippen molar-refractivity contribution in [2.45, 2.75) is 25.9 Å². The van der Waals surface area contributed by atoms with Gasteiger partial charge in [-0.15, -0.1) is 0 Å². The maximum atomic E-state index is 12.2. The first-order chi connectivity index (χ1) is 12.5. The van der Waals surface area contributed by atoms with Crippen LogP contribution in [0.3, 0.4) is 0 Å². The molecular weight excluding hydrogens is 334 g/mol. The van der Waals surface area contributed by atoms with Crippen molar-refractivity contribution in [3.63, 3.8) is 0 Å². The van der Waals surface area contributed by atoms with Crippen LogP contribution in [-0.4, -0.2) is 31.0 Å². The molecule has 2 N–H and O–H groups in total. The lowest BCUT2D eigenvalue weighted by Gasteiger charge is -2.24. The van der Waals surface area contributed by atoms with E-state index >= 15 is 0 Å². The van der Waals surface area contributed by atoms with Gasteiger partial charge in [-0.1, -0.05) is 18.2 Å². The van der Waals surface area contributed by atoms with E-state index in [0.717, 1.165) is 11.3 Å². The number of rotatable bonds is 7. The van der Waals surface area contributed by atoms with E-state index in [1.54, 1.807) is 25.1 Å². The molecule has 138 valence electrons. The highest BCUT2D eigenvalue weighted by Crippen LogP contribution is 2.35. The minimum atomic E-state index is -1.21. The average Bonchev–Trinajstić information content (AvgIpc) is 3.10. The predicted molar refractivity (Wildman–Crippen MR) is 96.5 cm³/mol. The van der Waals surface area contributed by atoms with Crippen LogP contribution in [0.4, 0.5) is 0 Å². The Morgan fingerprint density at radius 3 is 2.65 bits per heavy atom. The van der Waals surface area contributed by atoms with Crippen LogP contribution >= 0.6 is 0 Å². The highest BCUT2D eigenvalue weighted by Gasteiger charge is 2.26. The summed E-state index contributed by atoms with van der Waals surface area (Å²) in [6.07, 6.45) is 0.240. The topological polar surface area (TPSA) is 77.0 Å². The van der Waals surface area contributed by atoms with E-state index in [-0.39, 0.29) is 25.7 Å². The number of hydrogen-bond acceptors (Lipinski definition) is 5. The molecule has 2 aromatic rings. The molecule has 1 aliphatic heterocycles. The number of amides is 1. The summed E-state index contributed by atoms with van der Waals surface area (Å²) in [4.78, 5) is 12.2. The molecular formula is C20H23NO5. The van der Waals surface area contributed by atoms with E-state index < -0.39 is 5.60 Å². The van der Waals surface area contributed by atoms with Crippen molar-refractivity contribution in [3.05, 3.63) is 53.6 Å². The standard InChI is InChI=1S/C20H23NO5/c1-3-24-16-7-4-14(5-8-16)10-19(22)21-12-20(2,23)15-6-9-17-18(11-15)26-13-25-17/h4-9,11,23H,3,10,12-13H2,1-2H3,(H,21,22). The third-order valence-electron chi connectivity index (χ3n) is 4.22. The molecule has 6 heteroatoms. The first kappa shape index (κ1) is 18.1. The summed E-state index contributed by atoms with van der Waals surface area (Å²) in [5.41, 5.74) is 0.326. The molecule has 1 amide bonds. The normalized spacial score (nSPS) is 14.6. The second-order valence-corrected chi connectivity index (χ2v) is 6.37. The second-order valence-electron chi connectivity index (χ2n) is 6.37. The molecule has 0 saturated carbocycles. The van der Waals surface area contributed by atoms with Crippen LogP contribution in [0, 0.1) is 0 Å². The van der Waals surface area contributed by atoms with Gasteiger partial charge < -0.3 is 24.6 Å². The summed E-state index contributed by atoms with van der Waals surface area (Å²) in [7, 11) is 0. The smallest absolute Gasteiger partial charge is 0.231 e. The van der Waals surface area contributed by atoms with Gasteiger partial charge in [0.15, 0.2) is 11.5 Å². The molecule has 0 saturated heterocycles. The van der Waals surface area contributed by atoms with Crippen molar-refractivity contribution in [3.8, 4) is 17.2 Å². The van der Waals surface area contributed by atoms with Crippen molar-refractivity contribution in [1.82, 2.24) is 5.32 Å². The molecule has 0 bridgehead atoms. The van der Waals surface area contributed by atoms with Crippen molar-refractivity contribution in [2.75, 3.05) is 19.9 Å². The monoisotopic (exact) mass is 357 g/mol. The Morgan fingerprint density at radius 1 is 1.19 bits per heavy atom. The molecule has 2 aromatic carbocycles. The summed E-state index contributed by atoms with van der Waals surface area (Å²) in [6, 6.07) is 12.7. The molecule has 1 aliphatic rings. The SMILES string of the molecule is CCOc1ccc(CC(=O)NCC(C)(O)c2ccc3c(c2)OCO3)cc1. The zero-order valence-corrected chi connectivity index (χ0v) is 15.0. The number of carbonyl (C=O) groups excluding carboxylic acids is 1. The lowest BCUT2D eigenvalue weighted by molar-refractivity contribution is -0.121. The van der Waals surface area contributed by atoms with E-state index in [9.17, 15) is 9.90 Å². The summed E-state index contributed by atoms with van der Waals surface area (Å²) in [5.74, 6) is 1.88. The molecule has 1 heterocycles. The lowest BCUT2D eigenvalue weighted by atomic mass is 9.95. The number of aliphatic hydroxyl groups is 1. The molecule has 0 fully saturated rings. The third kappa shape index (κ3) is 4.26. The van der Waals surface area contributed by atoms with Gasteiger partial charge in [0, 0.05) is 0 Å². The number of nitrogens with one attached hydrogen (secondary N) is 1. The maximum Gasteiger partial charge on any atom is 0.231 e. The van der Waals surface area contributed by atoms with Gasteiger partial charge in [0.2, 0.25) is 12.7 Å². The number of fused-ring (bicyclic) bond motifs is 1. The fourth-order valence-corrected chi connectivity index (χ4v) is 2.72. The number of ether oxygens (including phenoxy) is 3. The zero-order valence-electron chi connectivity index (χ0n) is 15.0. The highest BCUT2D eigenvalue weighted by atomic mass is 16.7. The van der Waals surface area contributed by atoms with Gasteiger partial charge in [-0.05, 0) is 49.2 Å². The number of hydrogen-bond donors (Lipinski definition) is 2. The Morgan fingerprint density at radius 2 is 1.92 bits per heavy atom. The van der Waals surface area contributed by atoms with Crippen LogP contribution in [-0.2, 0) is 16.8 Å². The van der Waals surface area contributed by atoms with Gasteiger partial charge >= 0.3 is 0 Å². The van der Waals surface area contributed by atoms with Crippen molar-refractivity contribution in [2.24, 2.45) is 0 Å². The summed E-state index contributed by atoms with van der Waals surface area (Å²) < 4.78 is 16.0. The first-order valence-electron chi connectivity index (χ1n) is 8.59. The van der Waals surface area contributed by atoms with Gasteiger partial charge in [-0.2, -0.15) is 0 Å². The zero-order chi connectivity index (χ0) is 18.6. The molecule has 1 atom stereocenters. The van der Waals surface area contributed by atoms with E-state index in [0.29, 0.717) is 23.7 Å². The average molecular weight is 357 g/mol. The van der Waals surface area contributed by atoms with Gasteiger partial charge in [0.25, 0.3) is 0 Å². The van der Waals surface area contributed by atoms with Gasteiger partial charge in [0.05, 0.1) is 19.6 Å². The molecule has 6 nitrogen and oxygen atoms in total. The second kappa shape index (κ2) is 7.66. The Kier molecular flexibility index (Phi) is 5.32. The minimum Gasteiger partial charge on any atom is -0.494 e. The number of carbonyl (C=O) groups is 1. The minimum absolute atomic E-state index is 0.0997. The van der Waals surface area contributed by atoms with Crippen LogP contribution in [0.1, 0.15) is 25.0 Å². The van der Waals surface area contributed by atoms with Crippen LogP contribution in [0.25, 0.3) is 0 Å². The van der Waals surface area contributed by atoms with Gasteiger partial charge in [-0.3, -0.25) is 4.79 Å². The summed E-state index contributed by atoms with van der Waals surface area (Å²) >= 11 is 0. The molecule has 0 aromatic heterocycles. The van der Waals surface area contributed by atoms with Crippen LogP contribution < -0.4 is 19.5 Å². The molecule has 26 heavy (non-hydrogen) atoms. The summed E-state index contributed by atoms with van der Waals surface area (Å²) in [5, 5.41) is 13.5. The molecule has 3 rings (SSSR count). The molecule has 0 spiro atoms. The van der Waals surface area contributed by atoms with Crippen LogP contribution in [0.15, 0.2) is 42.5 Å². The Bertz CT molecular complexity index is 770. The van der Waals surface area contributed by atoms with Gasteiger partial charge in [0.1, 0.15) is 11.4 Å². The van der Waals surface area contributed by atoms with E-state index in [4.69, 9.17) is 14.2 Å². The third-order valence-corrected chi connectivity index (χ3v) is 4.22. The lowest BCUT2D eigenvalue weighted by Crippen LogP contribution is -2.39. The molecule has 0 aliphatic carbocycles. The van der Waals surface area contributed by atoms with Crippen LogP contribution in [0.2, 0.25) is 0 Å². The first-order valence-corrected chi connectivity index (χ1v) is 8.59. The van der Waals surface area contributed by atoms with Crippen molar-refractivity contribution < 1.29 is 24.1 Å². The maximum absolute atomic E-state index is 12.2. The van der Waals surface area contributed by atoms with Crippen molar-refractivity contribution >= 4 is 5.91 Å². The van der Waals surface area contributed by atoms with E-state index in [2.05, 4.69) is 5.32 Å². The van der Waals surface area contributed by atoms with Crippen LogP contribution in [0.5, 0.6) is 17.2 Å². The van der Waals surface area contributed by atoms with E-state index in [1.807, 2.05) is 31.2 Å². The largest absolute Gasteiger partial charge is 0.494 e. The summed E-state index contributed by atoms with van der Waals surface area (Å²) in [6.45, 7) is 4.46. The fourth-order valence-electron chi connectivity index (χ4n) is 2.72. The Balaban J connectivity index is 1.56. The quantitative estimate of drug-likeness (QED) is 0.796. The van der Waals surface area contributed by atoms with E-state index in [1.165, 1.54) is 0 Å². The van der Waals surface area contributed by atoms with Crippen molar-refractivity contribution in [1.29, 1.82) is 0 Å². The highest BCUT2D eigenvalue weighted by molar-refractivity contribution is 5.78. The predicted octanol–water partition coefficient (Wildman–Crippen LogP) is 2.38. The molecule has 1 unspecified atom stereocenters.